The minimum atomic E-state index is -0.270. The Hall–Kier alpha value is -1.81. The van der Waals surface area contributed by atoms with Crippen LogP contribution < -0.4 is 5.32 Å². The summed E-state index contributed by atoms with van der Waals surface area (Å²) in [6.45, 7) is 3.65. The van der Waals surface area contributed by atoms with Crippen LogP contribution in [0.2, 0.25) is 0 Å². The van der Waals surface area contributed by atoms with Crippen LogP contribution in [0.5, 0.6) is 0 Å². The number of aryl methyl sites for hydroxylation is 1. The molecule has 0 bridgehead atoms. The largest absolute Gasteiger partial charge is 0.444 e. The molecule has 1 aromatic heterocycles. The Bertz CT molecular complexity index is 563. The summed E-state index contributed by atoms with van der Waals surface area (Å²) in [6.07, 6.45) is 1.63. The van der Waals surface area contributed by atoms with Crippen molar-refractivity contribution in [2.45, 2.75) is 25.8 Å². The fourth-order valence-electron chi connectivity index (χ4n) is 1.66. The molecule has 0 aliphatic carbocycles. The van der Waals surface area contributed by atoms with Crippen molar-refractivity contribution < 1.29 is 9.21 Å². The van der Waals surface area contributed by atoms with Gasteiger partial charge in [0.1, 0.15) is 11.8 Å². The number of carbonyl (C=O) groups is 1. The summed E-state index contributed by atoms with van der Waals surface area (Å²) in [6, 6.07) is 6.90. The highest BCUT2D eigenvalue weighted by Gasteiger charge is 2.15. The third-order valence-corrected chi connectivity index (χ3v) is 3.04. The first-order chi connectivity index (χ1) is 9.10. The predicted octanol–water partition coefficient (Wildman–Crippen LogP) is 3.21. The van der Waals surface area contributed by atoms with Gasteiger partial charge in [0.25, 0.3) is 5.91 Å². The fourth-order valence-corrected chi connectivity index (χ4v) is 1.84. The van der Waals surface area contributed by atoms with Crippen LogP contribution in [0.3, 0.4) is 0 Å². The molecule has 0 saturated heterocycles. The van der Waals surface area contributed by atoms with Crippen molar-refractivity contribution in [1.29, 1.82) is 0 Å². The highest BCUT2D eigenvalue weighted by atomic mass is 35.5. The van der Waals surface area contributed by atoms with Crippen molar-refractivity contribution >= 4 is 17.5 Å². The van der Waals surface area contributed by atoms with Gasteiger partial charge in [0, 0.05) is 11.4 Å². The topological polar surface area (TPSA) is 55.1 Å². The smallest absolute Gasteiger partial charge is 0.251 e. The average molecular weight is 279 g/mol. The minimum absolute atomic E-state index is 0.163. The summed E-state index contributed by atoms with van der Waals surface area (Å²) in [5.74, 6) is 1.50. The van der Waals surface area contributed by atoms with Gasteiger partial charge in [0.05, 0.1) is 6.20 Å². The Labute approximate surface area is 116 Å². The Morgan fingerprint density at radius 3 is 2.63 bits per heavy atom. The van der Waals surface area contributed by atoms with E-state index in [2.05, 4.69) is 10.3 Å². The lowest BCUT2D eigenvalue weighted by atomic mass is 10.1. The molecule has 1 atom stereocenters. The van der Waals surface area contributed by atoms with E-state index < -0.39 is 0 Å². The maximum absolute atomic E-state index is 12.0. The molecule has 4 nitrogen and oxygen atoms in total. The van der Waals surface area contributed by atoms with E-state index in [1.54, 1.807) is 18.3 Å². The second-order valence-electron chi connectivity index (χ2n) is 4.33. The van der Waals surface area contributed by atoms with E-state index in [9.17, 15) is 4.79 Å². The predicted molar refractivity (Wildman–Crippen MR) is 73.1 cm³/mol. The van der Waals surface area contributed by atoms with Crippen molar-refractivity contribution in [2.75, 3.05) is 0 Å². The van der Waals surface area contributed by atoms with Crippen LogP contribution in [0.25, 0.3) is 0 Å². The Morgan fingerprint density at radius 2 is 2.11 bits per heavy atom. The van der Waals surface area contributed by atoms with Gasteiger partial charge in [0.15, 0.2) is 0 Å². The maximum atomic E-state index is 12.0. The molecule has 100 valence electrons. The van der Waals surface area contributed by atoms with Crippen LogP contribution in [0.4, 0.5) is 0 Å². The number of amides is 1. The number of nitrogens with one attached hydrogen (secondary N) is 1. The van der Waals surface area contributed by atoms with E-state index in [1.165, 1.54) is 0 Å². The van der Waals surface area contributed by atoms with Crippen LogP contribution in [-0.4, -0.2) is 10.9 Å². The molecule has 1 unspecified atom stereocenters. The van der Waals surface area contributed by atoms with E-state index in [0.717, 1.165) is 11.3 Å². The molecule has 19 heavy (non-hydrogen) atoms. The van der Waals surface area contributed by atoms with Crippen molar-refractivity contribution in [3.8, 4) is 0 Å². The molecule has 1 heterocycles. The number of hydrogen-bond acceptors (Lipinski definition) is 3. The van der Waals surface area contributed by atoms with Crippen LogP contribution in [0.15, 0.2) is 34.9 Å². The van der Waals surface area contributed by atoms with Crippen molar-refractivity contribution in [3.63, 3.8) is 0 Å². The lowest BCUT2D eigenvalue weighted by Crippen LogP contribution is -2.26. The van der Waals surface area contributed by atoms with Crippen LogP contribution in [-0.2, 0) is 5.88 Å². The summed E-state index contributed by atoms with van der Waals surface area (Å²) in [5.41, 5.74) is 1.57. The number of halogens is 1. The summed E-state index contributed by atoms with van der Waals surface area (Å²) in [5, 5.41) is 2.84. The third kappa shape index (κ3) is 3.35. The third-order valence-electron chi connectivity index (χ3n) is 2.73. The number of carbonyl (C=O) groups excluding carboxylic acids is 1. The average Bonchev–Trinajstić information content (AvgIpc) is 2.85. The van der Waals surface area contributed by atoms with Gasteiger partial charge >= 0.3 is 0 Å². The van der Waals surface area contributed by atoms with Gasteiger partial charge in [-0.05, 0) is 31.5 Å². The highest BCUT2D eigenvalue weighted by molar-refractivity contribution is 6.17. The molecule has 2 rings (SSSR count). The van der Waals surface area contributed by atoms with E-state index in [-0.39, 0.29) is 11.9 Å². The molecule has 0 fully saturated rings. The normalized spacial score (nSPS) is 12.2. The SMILES string of the molecule is Cc1cnc(C(C)NC(=O)c2ccc(CCl)cc2)o1. The molecule has 1 amide bonds. The van der Waals surface area contributed by atoms with Crippen molar-refractivity contribution in [1.82, 2.24) is 10.3 Å². The molecule has 0 aliphatic heterocycles. The summed E-state index contributed by atoms with van der Waals surface area (Å²) in [4.78, 5) is 16.1. The summed E-state index contributed by atoms with van der Waals surface area (Å²) >= 11 is 5.70. The van der Waals surface area contributed by atoms with Gasteiger partial charge in [0.2, 0.25) is 5.89 Å². The molecule has 1 N–H and O–H groups in total. The number of alkyl halides is 1. The first kappa shape index (κ1) is 13.6. The summed E-state index contributed by atoms with van der Waals surface area (Å²) < 4.78 is 5.38. The number of rotatable bonds is 4. The zero-order valence-electron chi connectivity index (χ0n) is 10.8. The van der Waals surface area contributed by atoms with Gasteiger partial charge in [-0.3, -0.25) is 4.79 Å². The zero-order valence-corrected chi connectivity index (χ0v) is 11.6. The van der Waals surface area contributed by atoms with Gasteiger partial charge < -0.3 is 9.73 Å². The molecule has 0 radical (unpaired) electrons. The number of benzene rings is 1. The molecule has 1 aromatic carbocycles. The fraction of sp³-hybridized carbons (Fsp3) is 0.286. The molecular formula is C14H15ClN2O2. The minimum Gasteiger partial charge on any atom is -0.444 e. The first-order valence-corrected chi connectivity index (χ1v) is 6.51. The Balaban J connectivity index is 2.03. The molecule has 5 heteroatoms. The maximum Gasteiger partial charge on any atom is 0.251 e. The van der Waals surface area contributed by atoms with Crippen LogP contribution in [0.1, 0.15) is 40.5 Å². The standard InChI is InChI=1S/C14H15ClN2O2/c1-9-8-16-14(19-9)10(2)17-13(18)12-5-3-11(7-15)4-6-12/h3-6,8,10H,7H2,1-2H3,(H,17,18). The van der Waals surface area contributed by atoms with Gasteiger partial charge in [-0.15, -0.1) is 11.6 Å². The molecule has 0 spiro atoms. The van der Waals surface area contributed by atoms with Crippen LogP contribution in [0, 0.1) is 6.92 Å². The summed E-state index contributed by atoms with van der Waals surface area (Å²) in [7, 11) is 0. The Kier molecular flexibility index (Phi) is 4.22. The first-order valence-electron chi connectivity index (χ1n) is 5.98. The highest BCUT2D eigenvalue weighted by Crippen LogP contribution is 2.13. The Morgan fingerprint density at radius 1 is 1.42 bits per heavy atom. The number of aromatic nitrogens is 1. The monoisotopic (exact) mass is 278 g/mol. The van der Waals surface area contributed by atoms with E-state index in [1.807, 2.05) is 26.0 Å². The molecule has 2 aromatic rings. The second-order valence-corrected chi connectivity index (χ2v) is 4.60. The van der Waals surface area contributed by atoms with Gasteiger partial charge in [-0.2, -0.15) is 0 Å². The van der Waals surface area contributed by atoms with Gasteiger partial charge in [-0.25, -0.2) is 4.98 Å². The van der Waals surface area contributed by atoms with E-state index >= 15 is 0 Å². The molecular weight excluding hydrogens is 264 g/mol. The number of oxazole rings is 1. The van der Waals surface area contributed by atoms with E-state index in [0.29, 0.717) is 17.3 Å². The quantitative estimate of drug-likeness (QED) is 0.874. The lowest BCUT2D eigenvalue weighted by molar-refractivity contribution is 0.0934. The van der Waals surface area contributed by atoms with Crippen molar-refractivity contribution in [2.24, 2.45) is 0 Å². The van der Waals surface area contributed by atoms with E-state index in [4.69, 9.17) is 16.0 Å². The number of nitrogens with zero attached hydrogens (tertiary/aromatic N) is 1. The molecule has 0 saturated carbocycles. The molecule has 0 aliphatic rings. The zero-order chi connectivity index (χ0) is 13.8. The van der Waals surface area contributed by atoms with Crippen molar-refractivity contribution in [3.05, 3.63) is 53.2 Å². The van der Waals surface area contributed by atoms with Gasteiger partial charge in [-0.1, -0.05) is 12.1 Å². The number of hydrogen-bond donors (Lipinski definition) is 1. The second kappa shape index (κ2) is 5.89. The van der Waals surface area contributed by atoms with Crippen LogP contribution >= 0.6 is 11.6 Å². The lowest BCUT2D eigenvalue weighted by Gasteiger charge is -2.10.